The van der Waals surface area contributed by atoms with E-state index >= 15 is 0 Å². The maximum atomic E-state index is 5.82. The Bertz CT molecular complexity index is 678. The van der Waals surface area contributed by atoms with E-state index < -0.39 is 0 Å². The van der Waals surface area contributed by atoms with E-state index in [-0.39, 0.29) is 0 Å². The predicted molar refractivity (Wildman–Crippen MR) is 124 cm³/mol. The molecule has 8 nitrogen and oxygen atoms in total. The Hall–Kier alpha value is -2.03. The number of guanidine groups is 1. The van der Waals surface area contributed by atoms with Gasteiger partial charge >= 0.3 is 0 Å². The highest BCUT2D eigenvalue weighted by molar-refractivity contribution is 5.94. The van der Waals surface area contributed by atoms with Crippen LogP contribution in [0, 0.1) is 5.92 Å². The first kappa shape index (κ1) is 23.6. The summed E-state index contributed by atoms with van der Waals surface area (Å²) in [7, 11) is 0. The van der Waals surface area contributed by atoms with Crippen LogP contribution >= 0.6 is 0 Å². The van der Waals surface area contributed by atoms with Crippen molar-refractivity contribution in [1.29, 1.82) is 0 Å². The molecule has 2 aliphatic heterocycles. The molecule has 174 valence electrons. The van der Waals surface area contributed by atoms with E-state index in [1.165, 1.54) is 0 Å². The van der Waals surface area contributed by atoms with E-state index in [1.807, 2.05) is 18.2 Å². The Morgan fingerprint density at radius 1 is 1.13 bits per heavy atom. The van der Waals surface area contributed by atoms with Crippen molar-refractivity contribution < 1.29 is 18.9 Å². The molecule has 0 amide bonds. The predicted octanol–water partition coefficient (Wildman–Crippen LogP) is 2.60. The number of nitrogens with one attached hydrogen (secondary N) is 2. The van der Waals surface area contributed by atoms with Crippen molar-refractivity contribution in [2.24, 2.45) is 10.9 Å². The van der Waals surface area contributed by atoms with Gasteiger partial charge in [0.15, 0.2) is 17.5 Å². The first-order valence-corrected chi connectivity index (χ1v) is 11.5. The molecule has 1 aromatic carbocycles. The van der Waals surface area contributed by atoms with Crippen LogP contribution < -0.4 is 20.1 Å². The second-order valence-electron chi connectivity index (χ2n) is 8.27. The summed E-state index contributed by atoms with van der Waals surface area (Å²) in [5.74, 6) is 2.90. The van der Waals surface area contributed by atoms with E-state index in [2.05, 4.69) is 29.4 Å². The molecule has 1 fully saturated rings. The van der Waals surface area contributed by atoms with Crippen LogP contribution in [-0.4, -0.2) is 83.2 Å². The number of aliphatic imine (C=N–C) groups is 1. The number of nitrogens with zero attached hydrogens (tertiary/aromatic N) is 2. The maximum absolute atomic E-state index is 5.82. The molecule has 0 aliphatic carbocycles. The fraction of sp³-hybridized carbons (Fsp3) is 0.696. The molecule has 2 aliphatic rings. The van der Waals surface area contributed by atoms with Gasteiger partial charge in [0.2, 0.25) is 0 Å². The Balaban J connectivity index is 1.53. The number of hydrogen-bond acceptors (Lipinski definition) is 6. The maximum Gasteiger partial charge on any atom is 0.195 e. The molecular weight excluding hydrogens is 396 g/mol. The van der Waals surface area contributed by atoms with Gasteiger partial charge in [-0.15, -0.1) is 0 Å². The van der Waals surface area contributed by atoms with Gasteiger partial charge in [0.25, 0.3) is 0 Å². The quantitative estimate of drug-likeness (QED) is 0.333. The number of hydrogen-bond donors (Lipinski definition) is 2. The molecule has 0 radical (unpaired) electrons. The van der Waals surface area contributed by atoms with Crippen LogP contribution in [0.25, 0.3) is 0 Å². The van der Waals surface area contributed by atoms with Crippen molar-refractivity contribution in [3.63, 3.8) is 0 Å². The van der Waals surface area contributed by atoms with Crippen LogP contribution in [0.15, 0.2) is 23.2 Å². The van der Waals surface area contributed by atoms with Crippen LogP contribution in [0.4, 0.5) is 5.69 Å². The van der Waals surface area contributed by atoms with Crippen molar-refractivity contribution in [2.45, 2.75) is 26.7 Å². The first-order valence-electron chi connectivity index (χ1n) is 11.5. The summed E-state index contributed by atoms with van der Waals surface area (Å²) in [6.45, 7) is 13.3. The molecule has 0 aromatic heterocycles. The third-order valence-electron chi connectivity index (χ3n) is 5.00. The average Bonchev–Trinajstić information content (AvgIpc) is 3.01. The largest absolute Gasteiger partial charge is 0.490 e. The van der Waals surface area contributed by atoms with Crippen molar-refractivity contribution in [1.82, 2.24) is 10.2 Å². The SMILES string of the molecule is CC(C)COCCCN=C(NCCN1CCOCC1)Nc1ccc2c(c1)OCCCO2. The summed E-state index contributed by atoms with van der Waals surface area (Å²) >= 11 is 0. The fourth-order valence-electron chi connectivity index (χ4n) is 3.35. The zero-order valence-electron chi connectivity index (χ0n) is 19.0. The van der Waals surface area contributed by atoms with Crippen molar-refractivity contribution >= 4 is 11.6 Å². The summed E-state index contributed by atoms with van der Waals surface area (Å²) in [5.41, 5.74) is 0.929. The van der Waals surface area contributed by atoms with Gasteiger partial charge in [0.05, 0.1) is 26.4 Å². The van der Waals surface area contributed by atoms with Crippen molar-refractivity contribution in [2.75, 3.05) is 77.7 Å². The Kier molecular flexibility index (Phi) is 10.2. The van der Waals surface area contributed by atoms with Gasteiger partial charge in [-0.25, -0.2) is 0 Å². The third kappa shape index (κ3) is 8.93. The number of benzene rings is 1. The van der Waals surface area contributed by atoms with Crippen molar-refractivity contribution in [3.05, 3.63) is 18.2 Å². The van der Waals surface area contributed by atoms with E-state index in [0.29, 0.717) is 25.7 Å². The molecule has 0 atom stereocenters. The molecule has 1 saturated heterocycles. The summed E-state index contributed by atoms with van der Waals surface area (Å²) in [6.07, 6.45) is 1.79. The lowest BCUT2D eigenvalue weighted by Crippen LogP contribution is -2.42. The minimum atomic E-state index is 0.557. The minimum absolute atomic E-state index is 0.557. The number of fused-ring (bicyclic) bond motifs is 1. The van der Waals surface area contributed by atoms with Crippen LogP contribution in [0.1, 0.15) is 26.7 Å². The Morgan fingerprint density at radius 3 is 2.74 bits per heavy atom. The molecule has 31 heavy (non-hydrogen) atoms. The van der Waals surface area contributed by atoms with Crippen LogP contribution in [0.3, 0.4) is 0 Å². The molecule has 0 bridgehead atoms. The minimum Gasteiger partial charge on any atom is -0.490 e. The average molecular weight is 435 g/mol. The molecular formula is C23H38N4O4. The van der Waals surface area contributed by atoms with Gasteiger partial charge in [-0.05, 0) is 24.5 Å². The monoisotopic (exact) mass is 434 g/mol. The summed E-state index contributed by atoms with van der Waals surface area (Å²) < 4.78 is 22.6. The summed E-state index contributed by atoms with van der Waals surface area (Å²) in [6, 6.07) is 5.93. The summed E-state index contributed by atoms with van der Waals surface area (Å²) in [5, 5.41) is 6.88. The normalized spacial score (nSPS) is 17.5. The topological polar surface area (TPSA) is 76.6 Å². The second-order valence-corrected chi connectivity index (χ2v) is 8.27. The van der Waals surface area contributed by atoms with E-state index in [1.54, 1.807) is 0 Å². The molecule has 0 spiro atoms. The van der Waals surface area contributed by atoms with Gasteiger partial charge in [-0.2, -0.15) is 0 Å². The van der Waals surface area contributed by atoms with Gasteiger partial charge in [0, 0.05) is 64.1 Å². The highest BCUT2D eigenvalue weighted by Gasteiger charge is 2.12. The molecule has 2 heterocycles. The van der Waals surface area contributed by atoms with Gasteiger partial charge < -0.3 is 29.6 Å². The molecule has 1 aromatic rings. The zero-order chi connectivity index (χ0) is 21.7. The van der Waals surface area contributed by atoms with Crippen LogP contribution in [-0.2, 0) is 9.47 Å². The van der Waals surface area contributed by atoms with E-state index in [4.69, 9.17) is 23.9 Å². The molecule has 8 heteroatoms. The highest BCUT2D eigenvalue weighted by atomic mass is 16.5. The molecule has 3 rings (SSSR count). The lowest BCUT2D eigenvalue weighted by molar-refractivity contribution is 0.0389. The first-order chi connectivity index (χ1) is 15.2. The highest BCUT2D eigenvalue weighted by Crippen LogP contribution is 2.32. The van der Waals surface area contributed by atoms with Gasteiger partial charge in [-0.1, -0.05) is 13.8 Å². The van der Waals surface area contributed by atoms with E-state index in [9.17, 15) is 0 Å². The number of anilines is 1. The van der Waals surface area contributed by atoms with Gasteiger partial charge in [-0.3, -0.25) is 9.89 Å². The lowest BCUT2D eigenvalue weighted by Gasteiger charge is -2.26. The van der Waals surface area contributed by atoms with Crippen molar-refractivity contribution in [3.8, 4) is 11.5 Å². The Morgan fingerprint density at radius 2 is 1.94 bits per heavy atom. The third-order valence-corrected chi connectivity index (χ3v) is 5.00. The standard InChI is InChI=1S/C23H38N4O4/c1-19(2)18-29-12-3-7-24-23(25-8-9-27-10-15-28-16-11-27)26-20-5-6-21-22(17-20)31-14-4-13-30-21/h5-6,17,19H,3-4,7-16,18H2,1-2H3,(H2,24,25,26). The lowest BCUT2D eigenvalue weighted by atomic mass is 10.2. The number of rotatable bonds is 10. The Labute approximate surface area is 186 Å². The summed E-state index contributed by atoms with van der Waals surface area (Å²) in [4.78, 5) is 7.15. The molecule has 2 N–H and O–H groups in total. The zero-order valence-corrected chi connectivity index (χ0v) is 19.0. The number of ether oxygens (including phenoxy) is 4. The van der Waals surface area contributed by atoms with Crippen LogP contribution in [0.5, 0.6) is 11.5 Å². The second kappa shape index (κ2) is 13.4. The van der Waals surface area contributed by atoms with Gasteiger partial charge in [0.1, 0.15) is 0 Å². The molecule has 0 unspecified atom stereocenters. The van der Waals surface area contributed by atoms with Crippen LogP contribution in [0.2, 0.25) is 0 Å². The smallest absolute Gasteiger partial charge is 0.195 e. The van der Waals surface area contributed by atoms with E-state index in [0.717, 1.165) is 88.6 Å². The number of morpholine rings is 1. The fourth-order valence-corrected chi connectivity index (χ4v) is 3.35. The molecule has 0 saturated carbocycles.